The van der Waals surface area contributed by atoms with E-state index in [0.717, 1.165) is 6.42 Å². The van der Waals surface area contributed by atoms with Gasteiger partial charge in [-0.3, -0.25) is 4.79 Å². The first-order valence-corrected chi connectivity index (χ1v) is 6.73. The third-order valence-electron chi connectivity index (χ3n) is 2.30. The molecule has 1 aromatic rings. The summed E-state index contributed by atoms with van der Waals surface area (Å²) in [5.41, 5.74) is 0. The minimum atomic E-state index is 0.0163. The first-order valence-electron chi connectivity index (χ1n) is 5.74. The largest absolute Gasteiger partial charge is 0.353 e. The Morgan fingerprint density at radius 3 is 2.76 bits per heavy atom. The number of hydrogen-bond acceptors (Lipinski definition) is 5. The highest BCUT2D eigenvalue weighted by Gasteiger charge is 2.12. The second-order valence-electron chi connectivity index (χ2n) is 4.17. The predicted octanol–water partition coefficient (Wildman–Crippen LogP) is 1.26. The molecular formula is C10H19N5OS. The van der Waals surface area contributed by atoms with Gasteiger partial charge in [0.2, 0.25) is 11.1 Å². The highest BCUT2D eigenvalue weighted by molar-refractivity contribution is 7.99. The second-order valence-corrected chi connectivity index (χ2v) is 5.11. The van der Waals surface area contributed by atoms with Gasteiger partial charge in [0.15, 0.2) is 0 Å². The second kappa shape index (κ2) is 6.58. The molecule has 0 aliphatic rings. The van der Waals surface area contributed by atoms with E-state index in [1.54, 1.807) is 4.68 Å². The van der Waals surface area contributed by atoms with Gasteiger partial charge in [-0.05, 0) is 37.6 Å². The van der Waals surface area contributed by atoms with Crippen LogP contribution in [-0.2, 0) is 4.79 Å². The minimum Gasteiger partial charge on any atom is -0.353 e. The van der Waals surface area contributed by atoms with Gasteiger partial charge in [0.25, 0.3) is 0 Å². The van der Waals surface area contributed by atoms with Gasteiger partial charge < -0.3 is 5.32 Å². The number of nitrogens with zero attached hydrogens (tertiary/aromatic N) is 4. The topological polar surface area (TPSA) is 72.7 Å². The molecule has 6 nitrogen and oxygen atoms in total. The molecule has 1 atom stereocenters. The van der Waals surface area contributed by atoms with Gasteiger partial charge in [-0.2, -0.15) is 0 Å². The fraction of sp³-hybridized carbons (Fsp3) is 0.800. The molecule has 0 aliphatic heterocycles. The minimum absolute atomic E-state index is 0.0163. The highest BCUT2D eigenvalue weighted by Crippen LogP contribution is 2.16. The van der Waals surface area contributed by atoms with Crippen molar-refractivity contribution in [1.29, 1.82) is 0 Å². The number of rotatable bonds is 6. The maximum atomic E-state index is 11.6. The molecular weight excluding hydrogens is 238 g/mol. The number of carbonyl (C=O) groups excluding carboxylic acids is 1. The number of thioether (sulfide) groups is 1. The van der Waals surface area contributed by atoms with E-state index in [9.17, 15) is 4.79 Å². The Bertz CT molecular complexity index is 365. The smallest absolute Gasteiger partial charge is 0.230 e. The molecule has 0 spiro atoms. The van der Waals surface area contributed by atoms with Crippen molar-refractivity contribution in [1.82, 2.24) is 25.5 Å². The van der Waals surface area contributed by atoms with E-state index in [2.05, 4.69) is 20.8 Å². The molecule has 1 aromatic heterocycles. The summed E-state index contributed by atoms with van der Waals surface area (Å²) in [4.78, 5) is 11.6. The molecule has 0 fully saturated rings. The normalized spacial score (nSPS) is 12.8. The van der Waals surface area contributed by atoms with Crippen LogP contribution in [0.3, 0.4) is 0 Å². The first kappa shape index (κ1) is 14.0. The fourth-order valence-electron chi connectivity index (χ4n) is 1.15. The third-order valence-corrected chi connectivity index (χ3v) is 3.24. The van der Waals surface area contributed by atoms with Gasteiger partial charge in [-0.15, -0.1) is 5.10 Å². The fourth-order valence-corrected chi connectivity index (χ4v) is 1.97. The highest BCUT2D eigenvalue weighted by atomic mass is 32.2. The first-order chi connectivity index (χ1) is 8.04. The SMILES string of the molecule is CCC(C)NC(=O)CSc1nnnn1C(C)C. The Labute approximate surface area is 106 Å². The lowest BCUT2D eigenvalue weighted by Gasteiger charge is -2.11. The molecule has 1 heterocycles. The zero-order valence-corrected chi connectivity index (χ0v) is 11.5. The predicted molar refractivity (Wildman–Crippen MR) is 66.8 cm³/mol. The molecule has 7 heteroatoms. The summed E-state index contributed by atoms with van der Waals surface area (Å²) in [7, 11) is 0. The van der Waals surface area contributed by atoms with Crippen molar-refractivity contribution in [2.45, 2.75) is 51.4 Å². The van der Waals surface area contributed by atoms with Crippen LogP contribution >= 0.6 is 11.8 Å². The lowest BCUT2D eigenvalue weighted by atomic mass is 10.3. The zero-order valence-electron chi connectivity index (χ0n) is 10.7. The van der Waals surface area contributed by atoms with E-state index in [0.29, 0.717) is 10.9 Å². The van der Waals surface area contributed by atoms with Gasteiger partial charge in [0.05, 0.1) is 11.8 Å². The van der Waals surface area contributed by atoms with Gasteiger partial charge in [0, 0.05) is 6.04 Å². The summed E-state index contributed by atoms with van der Waals surface area (Å²) < 4.78 is 1.71. The van der Waals surface area contributed by atoms with Crippen LogP contribution in [0.4, 0.5) is 0 Å². The van der Waals surface area contributed by atoms with Crippen LogP contribution in [0.2, 0.25) is 0 Å². The average Bonchev–Trinajstić information content (AvgIpc) is 2.74. The van der Waals surface area contributed by atoms with Crippen molar-refractivity contribution in [3.63, 3.8) is 0 Å². The molecule has 96 valence electrons. The lowest BCUT2D eigenvalue weighted by Crippen LogP contribution is -2.33. The molecule has 0 radical (unpaired) electrons. The Kier molecular flexibility index (Phi) is 5.40. The van der Waals surface area contributed by atoms with Crippen LogP contribution in [0.15, 0.2) is 5.16 Å². The van der Waals surface area contributed by atoms with Crippen molar-refractivity contribution in [2.75, 3.05) is 5.75 Å². The van der Waals surface area contributed by atoms with E-state index >= 15 is 0 Å². The summed E-state index contributed by atoms with van der Waals surface area (Å²) in [5.74, 6) is 0.361. The van der Waals surface area contributed by atoms with Crippen molar-refractivity contribution < 1.29 is 4.79 Å². The number of carbonyl (C=O) groups is 1. The molecule has 0 aromatic carbocycles. The molecule has 17 heavy (non-hydrogen) atoms. The van der Waals surface area contributed by atoms with E-state index < -0.39 is 0 Å². The van der Waals surface area contributed by atoms with Crippen LogP contribution in [0.5, 0.6) is 0 Å². The molecule has 1 unspecified atom stereocenters. The van der Waals surface area contributed by atoms with Crippen molar-refractivity contribution >= 4 is 17.7 Å². The summed E-state index contributed by atoms with van der Waals surface area (Å²) >= 11 is 1.36. The van der Waals surface area contributed by atoms with Crippen molar-refractivity contribution in [3.05, 3.63) is 0 Å². The van der Waals surface area contributed by atoms with E-state index in [1.165, 1.54) is 11.8 Å². The molecule has 1 amide bonds. The quantitative estimate of drug-likeness (QED) is 0.777. The van der Waals surface area contributed by atoms with E-state index in [1.807, 2.05) is 27.7 Å². The number of tetrazole rings is 1. The van der Waals surface area contributed by atoms with Gasteiger partial charge in [0.1, 0.15) is 0 Å². The van der Waals surface area contributed by atoms with Gasteiger partial charge >= 0.3 is 0 Å². The standard InChI is InChI=1S/C10H19N5OS/c1-5-8(4)11-9(16)6-17-10-12-13-14-15(10)7(2)3/h7-8H,5-6H2,1-4H3,(H,11,16). The molecule has 0 saturated heterocycles. The van der Waals surface area contributed by atoms with Crippen molar-refractivity contribution in [2.24, 2.45) is 0 Å². The number of amides is 1. The zero-order chi connectivity index (χ0) is 12.8. The Morgan fingerprint density at radius 2 is 2.18 bits per heavy atom. The maximum Gasteiger partial charge on any atom is 0.230 e. The third kappa shape index (κ3) is 4.33. The van der Waals surface area contributed by atoms with Gasteiger partial charge in [-0.1, -0.05) is 18.7 Å². The Balaban J connectivity index is 2.45. The number of aromatic nitrogens is 4. The van der Waals surface area contributed by atoms with Crippen LogP contribution < -0.4 is 5.32 Å². The monoisotopic (exact) mass is 257 g/mol. The molecule has 0 saturated carbocycles. The van der Waals surface area contributed by atoms with Crippen molar-refractivity contribution in [3.8, 4) is 0 Å². The maximum absolute atomic E-state index is 11.6. The summed E-state index contributed by atoms with van der Waals surface area (Å²) in [6.07, 6.45) is 0.931. The van der Waals surface area contributed by atoms with Crippen LogP contribution in [-0.4, -0.2) is 37.9 Å². The molecule has 1 N–H and O–H groups in total. The Morgan fingerprint density at radius 1 is 1.47 bits per heavy atom. The van der Waals surface area contributed by atoms with Crippen LogP contribution in [0.1, 0.15) is 40.2 Å². The van der Waals surface area contributed by atoms with E-state index in [-0.39, 0.29) is 18.0 Å². The molecule has 0 bridgehead atoms. The average molecular weight is 257 g/mol. The summed E-state index contributed by atoms with van der Waals surface area (Å²) in [6, 6.07) is 0.411. The summed E-state index contributed by atoms with van der Waals surface area (Å²) in [5, 5.41) is 15.0. The van der Waals surface area contributed by atoms with Crippen LogP contribution in [0.25, 0.3) is 0 Å². The summed E-state index contributed by atoms with van der Waals surface area (Å²) in [6.45, 7) is 8.03. The molecule has 1 rings (SSSR count). The van der Waals surface area contributed by atoms with Gasteiger partial charge in [-0.25, -0.2) is 4.68 Å². The Hall–Kier alpha value is -1.11. The number of hydrogen-bond donors (Lipinski definition) is 1. The number of nitrogens with one attached hydrogen (secondary N) is 1. The van der Waals surface area contributed by atoms with Crippen LogP contribution in [0, 0.1) is 0 Å². The van der Waals surface area contributed by atoms with E-state index in [4.69, 9.17) is 0 Å². The molecule has 0 aliphatic carbocycles. The lowest BCUT2D eigenvalue weighted by molar-refractivity contribution is -0.119.